The van der Waals surface area contributed by atoms with Crippen molar-refractivity contribution < 1.29 is 4.92 Å². The van der Waals surface area contributed by atoms with Gasteiger partial charge in [0.2, 0.25) is 0 Å². The van der Waals surface area contributed by atoms with Crippen LogP contribution in [0, 0.1) is 24.0 Å². The maximum absolute atomic E-state index is 12.8. The first-order valence-electron chi connectivity index (χ1n) is 8.96. The molecule has 10 heteroatoms. The molecule has 30 heavy (non-hydrogen) atoms. The number of aromatic amines is 1. The monoisotopic (exact) mass is 404 g/mol. The van der Waals surface area contributed by atoms with E-state index in [2.05, 4.69) is 15.2 Å². The second-order valence-corrected chi connectivity index (χ2v) is 6.60. The highest BCUT2D eigenvalue weighted by atomic mass is 16.6. The lowest BCUT2D eigenvalue weighted by Gasteiger charge is -2.04. The van der Waals surface area contributed by atoms with Crippen LogP contribution in [0.3, 0.4) is 0 Å². The fourth-order valence-electron chi connectivity index (χ4n) is 3.10. The van der Waals surface area contributed by atoms with Gasteiger partial charge in [-0.1, -0.05) is 12.1 Å². The van der Waals surface area contributed by atoms with Crippen LogP contribution in [-0.4, -0.2) is 30.6 Å². The lowest BCUT2D eigenvalue weighted by atomic mass is 10.2. The van der Waals surface area contributed by atoms with E-state index in [1.54, 1.807) is 38.1 Å². The number of rotatable bonds is 4. The zero-order valence-electron chi connectivity index (χ0n) is 16.1. The summed E-state index contributed by atoms with van der Waals surface area (Å²) < 4.78 is 2.40. The number of nitro groups is 1. The lowest BCUT2D eigenvalue weighted by molar-refractivity contribution is -0.384. The molecule has 0 aliphatic heterocycles. The Kier molecular flexibility index (Phi) is 4.59. The molecule has 0 aliphatic rings. The molecule has 0 bridgehead atoms. The number of benzene rings is 2. The van der Waals surface area contributed by atoms with Crippen LogP contribution in [0.5, 0.6) is 0 Å². The first kappa shape index (κ1) is 19.0. The van der Waals surface area contributed by atoms with Crippen molar-refractivity contribution in [2.75, 3.05) is 0 Å². The van der Waals surface area contributed by atoms with Crippen LogP contribution in [0.25, 0.3) is 16.6 Å². The Bertz CT molecular complexity index is 1430. The number of hydrogen-bond donors (Lipinski definition) is 1. The van der Waals surface area contributed by atoms with Gasteiger partial charge in [0.05, 0.1) is 33.3 Å². The van der Waals surface area contributed by atoms with Crippen LogP contribution in [0.1, 0.15) is 17.1 Å². The van der Waals surface area contributed by atoms with E-state index >= 15 is 0 Å². The fraction of sp³-hybridized carbons (Fsp3) is 0.100. The molecule has 10 nitrogen and oxygen atoms in total. The van der Waals surface area contributed by atoms with Crippen LogP contribution in [0.15, 0.2) is 63.2 Å². The Morgan fingerprint density at radius 3 is 2.47 bits per heavy atom. The molecule has 0 unspecified atom stereocenters. The summed E-state index contributed by atoms with van der Waals surface area (Å²) in [5, 5.41) is 18.3. The average Bonchev–Trinajstić information content (AvgIpc) is 3.01. The Labute approximate surface area is 168 Å². The molecule has 0 aliphatic carbocycles. The molecule has 2 aromatic carbocycles. The van der Waals surface area contributed by atoms with E-state index < -0.39 is 10.5 Å². The molecule has 0 amide bonds. The number of fused-ring (bicyclic) bond motifs is 1. The number of nitrogens with zero attached hydrogens (tertiary/aromatic N) is 5. The van der Waals surface area contributed by atoms with Gasteiger partial charge in [-0.05, 0) is 38.1 Å². The van der Waals surface area contributed by atoms with E-state index in [0.29, 0.717) is 28.1 Å². The summed E-state index contributed by atoms with van der Waals surface area (Å²) in [4.78, 5) is 40.2. The summed E-state index contributed by atoms with van der Waals surface area (Å²) in [5.41, 5.74) is 0.992. The molecule has 150 valence electrons. The smallest absolute Gasteiger partial charge is 0.282 e. The Hall–Kier alpha value is -4.34. The zero-order valence-corrected chi connectivity index (χ0v) is 16.1. The third kappa shape index (κ3) is 3.20. The Morgan fingerprint density at radius 2 is 1.77 bits per heavy atom. The van der Waals surface area contributed by atoms with Gasteiger partial charge in [-0.15, -0.1) is 0 Å². The van der Waals surface area contributed by atoms with Crippen molar-refractivity contribution in [1.29, 1.82) is 0 Å². The summed E-state index contributed by atoms with van der Waals surface area (Å²) in [5.74, 6) is 0.388. The quantitative estimate of drug-likeness (QED) is 0.317. The van der Waals surface area contributed by atoms with Crippen LogP contribution in [-0.2, 0) is 0 Å². The highest BCUT2D eigenvalue weighted by Crippen LogP contribution is 2.14. The molecule has 0 atom stereocenters. The van der Waals surface area contributed by atoms with Crippen molar-refractivity contribution in [1.82, 2.24) is 19.4 Å². The van der Waals surface area contributed by atoms with Crippen LogP contribution >= 0.6 is 0 Å². The molecular formula is C20H16N6O4. The van der Waals surface area contributed by atoms with Gasteiger partial charge in [-0.25, -0.2) is 9.67 Å². The molecule has 0 spiro atoms. The third-order valence-corrected chi connectivity index (χ3v) is 4.65. The van der Waals surface area contributed by atoms with E-state index in [0.717, 1.165) is 4.68 Å². The minimum Gasteiger partial charge on any atom is -0.295 e. The molecule has 2 heterocycles. The van der Waals surface area contributed by atoms with E-state index in [1.807, 2.05) is 0 Å². The zero-order chi connectivity index (χ0) is 21.4. The molecule has 0 fully saturated rings. The Morgan fingerprint density at radius 1 is 1.07 bits per heavy atom. The van der Waals surface area contributed by atoms with E-state index in [1.165, 1.54) is 35.2 Å². The maximum Gasteiger partial charge on any atom is 0.282 e. The summed E-state index contributed by atoms with van der Waals surface area (Å²) in [6.07, 6.45) is 1.31. The number of hydrogen-bond acceptors (Lipinski definition) is 6. The highest BCUT2D eigenvalue weighted by Gasteiger charge is 2.13. The molecule has 2 aromatic heterocycles. The van der Waals surface area contributed by atoms with Crippen LogP contribution in [0.4, 0.5) is 5.69 Å². The molecule has 4 aromatic rings. The standard InChI is InChI=1S/C20H16N6O4/c1-12-17(20(28)25(23-12)14-7-9-15(10-8-14)26(29)30)11-21-24-13(2)22-18-6-4-3-5-16(18)19(24)27/h3-11,23H,1-2H3. The van der Waals surface area contributed by atoms with Crippen LogP contribution < -0.4 is 11.1 Å². The second-order valence-electron chi connectivity index (χ2n) is 6.60. The fourth-order valence-corrected chi connectivity index (χ4v) is 3.10. The van der Waals surface area contributed by atoms with Crippen molar-refractivity contribution in [2.45, 2.75) is 13.8 Å². The average molecular weight is 404 g/mol. The molecule has 0 saturated heterocycles. The van der Waals surface area contributed by atoms with Crippen molar-refractivity contribution in [3.05, 3.63) is 96.4 Å². The predicted octanol–water partition coefficient (Wildman–Crippen LogP) is 2.28. The minimum absolute atomic E-state index is 0.0736. The normalized spacial score (nSPS) is 11.4. The first-order valence-corrected chi connectivity index (χ1v) is 8.96. The summed E-state index contributed by atoms with van der Waals surface area (Å²) in [7, 11) is 0. The topological polar surface area (TPSA) is 128 Å². The summed E-state index contributed by atoms with van der Waals surface area (Å²) in [6.45, 7) is 3.35. The van der Waals surface area contributed by atoms with Gasteiger partial charge >= 0.3 is 0 Å². The van der Waals surface area contributed by atoms with Gasteiger partial charge < -0.3 is 0 Å². The Balaban J connectivity index is 1.76. The van der Waals surface area contributed by atoms with Gasteiger partial charge in [0.15, 0.2) is 0 Å². The number of H-pyrrole nitrogens is 1. The van der Waals surface area contributed by atoms with Crippen molar-refractivity contribution >= 4 is 22.8 Å². The highest BCUT2D eigenvalue weighted by molar-refractivity contribution is 5.81. The summed E-state index contributed by atoms with van der Waals surface area (Å²) in [6, 6.07) is 12.5. The molecule has 1 N–H and O–H groups in total. The minimum atomic E-state index is -0.512. The van der Waals surface area contributed by atoms with E-state index in [9.17, 15) is 19.7 Å². The van der Waals surface area contributed by atoms with Gasteiger partial charge in [0.25, 0.3) is 16.8 Å². The molecule has 0 saturated carbocycles. The number of para-hydroxylation sites is 1. The third-order valence-electron chi connectivity index (χ3n) is 4.65. The molecular weight excluding hydrogens is 388 g/mol. The van der Waals surface area contributed by atoms with Gasteiger partial charge in [0, 0.05) is 17.8 Å². The van der Waals surface area contributed by atoms with Crippen LogP contribution in [0.2, 0.25) is 0 Å². The largest absolute Gasteiger partial charge is 0.295 e. The maximum atomic E-state index is 12.8. The summed E-state index contributed by atoms with van der Waals surface area (Å²) >= 11 is 0. The number of non-ortho nitro benzene ring substituents is 1. The van der Waals surface area contributed by atoms with E-state index in [4.69, 9.17) is 0 Å². The first-order chi connectivity index (χ1) is 14.4. The van der Waals surface area contributed by atoms with Gasteiger partial charge in [-0.2, -0.15) is 9.78 Å². The SMILES string of the molecule is Cc1[nH]n(-c2ccc([N+](=O)[O-])cc2)c(=O)c1C=Nn1c(C)nc2ccccc2c1=O. The van der Waals surface area contributed by atoms with E-state index in [-0.39, 0.29) is 16.8 Å². The molecule has 4 rings (SSSR count). The number of aromatic nitrogens is 4. The number of aryl methyl sites for hydroxylation is 2. The van der Waals surface area contributed by atoms with Crippen molar-refractivity contribution in [2.24, 2.45) is 5.10 Å². The second kappa shape index (κ2) is 7.24. The van der Waals surface area contributed by atoms with Gasteiger partial charge in [-0.3, -0.25) is 24.8 Å². The van der Waals surface area contributed by atoms with Gasteiger partial charge in [0.1, 0.15) is 5.82 Å². The predicted molar refractivity (Wildman–Crippen MR) is 112 cm³/mol. The lowest BCUT2D eigenvalue weighted by Crippen LogP contribution is -2.21. The number of nitrogens with one attached hydrogen (secondary N) is 1. The number of nitro benzene ring substituents is 1. The van der Waals surface area contributed by atoms with Crippen molar-refractivity contribution in [3.63, 3.8) is 0 Å². The van der Waals surface area contributed by atoms with Crippen molar-refractivity contribution in [3.8, 4) is 5.69 Å². The molecule has 0 radical (unpaired) electrons.